The maximum absolute atomic E-state index is 12.8. The number of rotatable bonds is 38. The van der Waals surface area contributed by atoms with E-state index >= 15 is 0 Å². The van der Waals surface area contributed by atoms with Crippen LogP contribution in [0, 0.1) is 11.8 Å². The molecule has 1 aliphatic rings. The van der Waals surface area contributed by atoms with Gasteiger partial charge in [-0.3, -0.25) is 23.4 Å². The lowest BCUT2D eigenvalue weighted by Crippen LogP contribution is -2.37. The quantitative estimate of drug-likeness (QED) is 0.0178. The Morgan fingerprint density at radius 2 is 1.36 bits per heavy atom. The van der Waals surface area contributed by atoms with Gasteiger partial charge in [0.25, 0.3) is 0 Å². The molecule has 0 radical (unpaired) electrons. The highest BCUT2D eigenvalue weighted by Crippen LogP contribution is 2.43. The number of unbranched alkanes of at least 4 members (excludes halogenated alkanes) is 12. The van der Waals surface area contributed by atoms with Crippen LogP contribution in [0.4, 0.5) is 0 Å². The van der Waals surface area contributed by atoms with E-state index in [1.54, 1.807) is 6.08 Å². The topological polar surface area (TPSA) is 166 Å². The van der Waals surface area contributed by atoms with Crippen LogP contribution in [0.5, 0.6) is 0 Å². The first-order chi connectivity index (χ1) is 29.2. The molecule has 0 spiro atoms. The van der Waals surface area contributed by atoms with E-state index < -0.39 is 44.7 Å². The highest BCUT2D eigenvalue weighted by molar-refractivity contribution is 7.47. The number of hydrogen-bond donors (Lipinski definition) is 3. The van der Waals surface area contributed by atoms with Gasteiger partial charge in [-0.25, -0.2) is 4.57 Å². The number of esters is 2. The van der Waals surface area contributed by atoms with E-state index in [0.29, 0.717) is 49.6 Å². The van der Waals surface area contributed by atoms with E-state index in [1.165, 1.54) is 38.5 Å². The van der Waals surface area contributed by atoms with Gasteiger partial charge in [-0.05, 0) is 57.8 Å². The van der Waals surface area contributed by atoms with Crippen molar-refractivity contribution in [3.05, 3.63) is 48.6 Å². The molecule has 1 unspecified atom stereocenters. The minimum absolute atomic E-state index is 0.0206. The second-order valence-corrected chi connectivity index (χ2v) is 19.0. The van der Waals surface area contributed by atoms with Crippen LogP contribution < -0.4 is 0 Å². The van der Waals surface area contributed by atoms with Crippen LogP contribution >= 0.6 is 7.82 Å². The van der Waals surface area contributed by atoms with E-state index in [9.17, 15) is 34.1 Å². The third-order valence-electron chi connectivity index (χ3n) is 10.7. The Morgan fingerprint density at radius 3 is 2.05 bits per heavy atom. The number of phosphoric ester groups is 1. The van der Waals surface area contributed by atoms with Crippen molar-refractivity contribution >= 4 is 25.5 Å². The van der Waals surface area contributed by atoms with Crippen LogP contribution in [0.2, 0.25) is 0 Å². The highest BCUT2D eigenvalue weighted by Gasteiger charge is 2.39. The lowest BCUT2D eigenvalue weighted by Gasteiger charge is -2.24. The zero-order valence-electron chi connectivity index (χ0n) is 38.6. The van der Waals surface area contributed by atoms with Crippen molar-refractivity contribution < 1.29 is 57.1 Å². The molecule has 3 N–H and O–H groups in total. The molecule has 352 valence electrons. The van der Waals surface area contributed by atoms with Crippen LogP contribution in [0.25, 0.3) is 0 Å². The Morgan fingerprint density at radius 1 is 0.770 bits per heavy atom. The molecule has 0 aliphatic heterocycles. The summed E-state index contributed by atoms with van der Waals surface area (Å²) >= 11 is 0. The largest absolute Gasteiger partial charge is 0.472 e. The predicted molar refractivity (Wildman–Crippen MR) is 244 cm³/mol. The van der Waals surface area contributed by atoms with Gasteiger partial charge in [0.2, 0.25) is 0 Å². The molecule has 0 bridgehead atoms. The molecule has 0 aromatic heterocycles. The molecule has 0 amide bonds. The molecule has 0 aromatic carbocycles. The maximum atomic E-state index is 12.8. The number of aliphatic hydroxyl groups is 2. The molecular formula is C48H85NO11P+. The van der Waals surface area contributed by atoms with Gasteiger partial charge in [-0.2, -0.15) is 0 Å². The van der Waals surface area contributed by atoms with E-state index in [0.717, 1.165) is 51.4 Å². The number of ether oxygens (including phenoxy) is 2. The summed E-state index contributed by atoms with van der Waals surface area (Å²) < 4.78 is 34.2. The van der Waals surface area contributed by atoms with Gasteiger partial charge in [0.1, 0.15) is 25.5 Å². The molecule has 13 heteroatoms. The molecule has 61 heavy (non-hydrogen) atoms. The molecule has 1 saturated carbocycles. The number of carbonyl (C=O) groups excluding carboxylic acids is 3. The molecule has 0 saturated heterocycles. The summed E-state index contributed by atoms with van der Waals surface area (Å²) in [5.74, 6) is -1.58. The Balaban J connectivity index is 2.49. The number of nitrogens with zero attached hydrogens (tertiary/aromatic N) is 1. The first kappa shape index (κ1) is 56.6. The Hall–Kier alpha value is -2.44. The van der Waals surface area contributed by atoms with E-state index in [4.69, 9.17) is 18.5 Å². The summed E-state index contributed by atoms with van der Waals surface area (Å²) in [6.07, 6.45) is 33.5. The number of phosphoric acid groups is 1. The maximum Gasteiger partial charge on any atom is 0.472 e. The minimum Gasteiger partial charge on any atom is -0.462 e. The van der Waals surface area contributed by atoms with E-state index in [1.807, 2.05) is 33.3 Å². The van der Waals surface area contributed by atoms with Crippen LogP contribution in [0.1, 0.15) is 162 Å². The number of ketones is 1. The van der Waals surface area contributed by atoms with Crippen molar-refractivity contribution in [2.45, 2.75) is 180 Å². The van der Waals surface area contributed by atoms with Gasteiger partial charge < -0.3 is 29.1 Å². The van der Waals surface area contributed by atoms with Crippen molar-refractivity contribution in [3.8, 4) is 0 Å². The molecular weight excluding hydrogens is 797 g/mol. The van der Waals surface area contributed by atoms with Crippen molar-refractivity contribution in [2.75, 3.05) is 47.5 Å². The van der Waals surface area contributed by atoms with Crippen LogP contribution in [-0.4, -0.2) is 103 Å². The molecule has 0 aromatic rings. The average Bonchev–Trinajstić information content (AvgIpc) is 3.47. The van der Waals surface area contributed by atoms with Crippen molar-refractivity contribution in [3.63, 3.8) is 0 Å². The van der Waals surface area contributed by atoms with E-state index in [2.05, 4.69) is 44.2 Å². The summed E-state index contributed by atoms with van der Waals surface area (Å²) in [6, 6.07) is 0. The number of hydrogen-bond acceptors (Lipinski definition) is 10. The van der Waals surface area contributed by atoms with Crippen molar-refractivity contribution in [2.24, 2.45) is 11.8 Å². The molecule has 0 heterocycles. The predicted octanol–water partition coefficient (Wildman–Crippen LogP) is 10.1. The standard InChI is InChI=1S/C48H84NO11P/c1-6-8-10-11-12-13-14-15-16-17-18-19-20-21-22-23-28-32-47(53)57-39-42(40-59-61(55,56)58-37-36-49(3,4)5)60-48(54)33-29-25-24-27-31-43-44(46(52)38-45(43)51)35-34-41(50)30-26-9-7-2/h15-16,18-19,21-22,34-35,41-44,46,50,52H,6-14,17,20,23-33,36-40H2,1-5H3/p+1/b16-15-,19-18-,22-21-,35-34+/t41-,42+,43+,44+,46+/m0/s1. The monoisotopic (exact) mass is 883 g/mol. The molecule has 1 fully saturated rings. The van der Waals surface area contributed by atoms with Crippen LogP contribution in [0.3, 0.4) is 0 Å². The minimum atomic E-state index is -4.46. The fourth-order valence-corrected chi connectivity index (χ4v) is 7.73. The molecule has 1 aliphatic carbocycles. The number of likely N-dealkylation sites (N-methyl/N-ethyl adjacent to an activating group) is 1. The normalized spacial score (nSPS) is 19.4. The lowest BCUT2D eigenvalue weighted by molar-refractivity contribution is -0.870. The fourth-order valence-electron chi connectivity index (χ4n) is 6.98. The van der Waals surface area contributed by atoms with Crippen molar-refractivity contribution in [1.29, 1.82) is 0 Å². The zero-order chi connectivity index (χ0) is 45.2. The first-order valence-corrected chi connectivity index (χ1v) is 25.0. The second-order valence-electron chi connectivity index (χ2n) is 17.6. The number of Topliss-reactive ketones (excluding diaryl/α,β-unsaturated/α-hetero) is 1. The number of aliphatic hydroxyl groups excluding tert-OH is 2. The van der Waals surface area contributed by atoms with Crippen molar-refractivity contribution in [1.82, 2.24) is 0 Å². The highest BCUT2D eigenvalue weighted by atomic mass is 31.2. The summed E-state index contributed by atoms with van der Waals surface area (Å²) in [5.41, 5.74) is 0. The Bertz CT molecular complexity index is 1340. The molecule has 1 rings (SSSR count). The molecule has 6 atom stereocenters. The first-order valence-electron chi connectivity index (χ1n) is 23.5. The fraction of sp³-hybridized carbons (Fsp3) is 0.771. The van der Waals surface area contributed by atoms with Gasteiger partial charge in [0.15, 0.2) is 6.10 Å². The number of quaternary nitrogens is 1. The van der Waals surface area contributed by atoms with Gasteiger partial charge >= 0.3 is 19.8 Å². The smallest absolute Gasteiger partial charge is 0.462 e. The van der Waals surface area contributed by atoms with Gasteiger partial charge in [0.05, 0.1) is 40.0 Å². The Labute approximate surface area is 369 Å². The Kier molecular flexibility index (Phi) is 32.4. The summed E-state index contributed by atoms with van der Waals surface area (Å²) in [7, 11) is 1.30. The second kappa shape index (κ2) is 35.0. The number of carbonyl (C=O) groups is 3. The van der Waals surface area contributed by atoms with Crippen LogP contribution in [0.15, 0.2) is 48.6 Å². The lowest BCUT2D eigenvalue weighted by atomic mass is 9.88. The third-order valence-corrected chi connectivity index (χ3v) is 11.7. The van der Waals surface area contributed by atoms with Gasteiger partial charge in [-0.1, -0.05) is 133 Å². The van der Waals surface area contributed by atoms with Gasteiger partial charge in [-0.15, -0.1) is 0 Å². The SMILES string of the molecule is CCCCCCCC/C=C\C/C=C\C/C=C\CCCC(=O)OC[C@H](COP(=O)(O)OCC[N+](C)(C)C)OC(=O)CCCCCC[C@H]1C(=O)C[C@@H](O)[C@@H]1/C=C/[C@@H](O)CCCCC. The number of allylic oxidation sites excluding steroid dienone is 6. The summed E-state index contributed by atoms with van der Waals surface area (Å²) in [6.45, 7) is 3.97. The molecule has 12 nitrogen and oxygen atoms in total. The summed E-state index contributed by atoms with van der Waals surface area (Å²) in [5, 5.41) is 20.8. The third kappa shape index (κ3) is 32.0. The summed E-state index contributed by atoms with van der Waals surface area (Å²) in [4.78, 5) is 48.2. The van der Waals surface area contributed by atoms with E-state index in [-0.39, 0.29) is 50.1 Å². The van der Waals surface area contributed by atoms with Crippen LogP contribution in [-0.2, 0) is 37.5 Å². The average molecular weight is 883 g/mol. The van der Waals surface area contributed by atoms with Gasteiger partial charge in [0, 0.05) is 31.1 Å². The zero-order valence-corrected chi connectivity index (χ0v) is 39.5.